The first kappa shape index (κ1) is 15.8. The molecule has 0 saturated carbocycles. The Morgan fingerprint density at radius 3 is 1.67 bits per heavy atom. The Bertz CT molecular complexity index is 10.8. The smallest absolute Gasteiger partial charge is 2.00 e. The second kappa shape index (κ2) is 17.0. The van der Waals surface area contributed by atoms with Crippen LogP contribution in [0.25, 0.3) is 0 Å². The quantitative estimate of drug-likeness (QED) is 0.524. The predicted molar refractivity (Wildman–Crippen MR) is 15.8 cm³/mol. The Kier molecular flexibility index (Phi) is 45.0. The average molecular weight is 166 g/mol. The predicted octanol–water partition coefficient (Wildman–Crippen LogP) is -0.365. The van der Waals surface area contributed by atoms with Crippen LogP contribution >= 0.6 is 0 Å². The van der Waals surface area contributed by atoms with Crippen molar-refractivity contribution < 1.29 is 36.8 Å². The van der Waals surface area contributed by atoms with Gasteiger partial charge in [-0.1, -0.05) is 13.3 Å². The topological polar surface area (TPSA) is 51.6 Å². The zero-order valence-corrected chi connectivity index (χ0v) is 6.19. The summed E-state index contributed by atoms with van der Waals surface area (Å²) in [6.07, 6.45) is 0.764. The van der Waals surface area contributed by atoms with Gasteiger partial charge in [0.2, 0.25) is 0 Å². The molecule has 0 spiro atoms. The SMILES string of the molecule is CCC[O-].[O-2].[Zr+3]. The van der Waals surface area contributed by atoms with Crippen LogP contribution in [0.3, 0.4) is 0 Å². The molecular formula is C3H7O2Zr. The molecular weight excluding hydrogens is 159 g/mol. The van der Waals surface area contributed by atoms with E-state index in [4.69, 9.17) is 0 Å². The molecule has 1 radical (unpaired) electrons. The van der Waals surface area contributed by atoms with Crippen LogP contribution < -0.4 is 5.11 Å². The Balaban J connectivity index is -0.0000000450. The van der Waals surface area contributed by atoms with Crippen LogP contribution in [0.15, 0.2) is 0 Å². The maximum absolute atomic E-state index is 9.30. The van der Waals surface area contributed by atoms with Gasteiger partial charge in [0.25, 0.3) is 0 Å². The molecule has 3 heteroatoms. The molecule has 6 heavy (non-hydrogen) atoms. The van der Waals surface area contributed by atoms with Crippen LogP contribution in [-0.2, 0) is 31.7 Å². The van der Waals surface area contributed by atoms with Crippen molar-refractivity contribution in [3.8, 4) is 0 Å². The minimum atomic E-state index is 0. The molecule has 0 aromatic carbocycles. The summed E-state index contributed by atoms with van der Waals surface area (Å²) in [5.74, 6) is 0. The molecule has 0 fully saturated rings. The van der Waals surface area contributed by atoms with E-state index < -0.39 is 0 Å². The summed E-state index contributed by atoms with van der Waals surface area (Å²) in [7, 11) is 0. The van der Waals surface area contributed by atoms with Gasteiger partial charge < -0.3 is 10.6 Å². The van der Waals surface area contributed by atoms with Crippen LogP contribution in [0.1, 0.15) is 13.3 Å². The summed E-state index contributed by atoms with van der Waals surface area (Å²) < 4.78 is 0. The fourth-order valence-corrected chi connectivity index (χ4v) is 0. The van der Waals surface area contributed by atoms with Gasteiger partial charge in [0.1, 0.15) is 0 Å². The number of rotatable bonds is 1. The molecule has 0 amide bonds. The van der Waals surface area contributed by atoms with Gasteiger partial charge >= 0.3 is 26.2 Å². The normalized spacial score (nSPS) is 5.00. The van der Waals surface area contributed by atoms with Crippen LogP contribution in [0.4, 0.5) is 0 Å². The fourth-order valence-electron chi connectivity index (χ4n) is 0. The van der Waals surface area contributed by atoms with Gasteiger partial charge in [-0.2, -0.15) is 0 Å². The van der Waals surface area contributed by atoms with E-state index in [2.05, 4.69) is 0 Å². The van der Waals surface area contributed by atoms with Crippen LogP contribution in [0.2, 0.25) is 0 Å². The maximum atomic E-state index is 9.30. The van der Waals surface area contributed by atoms with Gasteiger partial charge in [-0.3, -0.25) is 0 Å². The summed E-state index contributed by atoms with van der Waals surface area (Å²) in [4.78, 5) is 0. The number of hydrogen-bond donors (Lipinski definition) is 0. The Labute approximate surface area is 57.0 Å². The van der Waals surface area contributed by atoms with Crippen molar-refractivity contribution in [1.29, 1.82) is 0 Å². The summed E-state index contributed by atoms with van der Waals surface area (Å²) >= 11 is 0. The minimum absolute atomic E-state index is 0. The molecule has 0 aliphatic carbocycles. The van der Waals surface area contributed by atoms with E-state index in [-0.39, 0.29) is 38.3 Å². The molecule has 0 bridgehead atoms. The van der Waals surface area contributed by atoms with Crippen molar-refractivity contribution in [3.63, 3.8) is 0 Å². The van der Waals surface area contributed by atoms with Crippen molar-refractivity contribution in [2.45, 2.75) is 13.3 Å². The largest absolute Gasteiger partial charge is 3.00 e. The van der Waals surface area contributed by atoms with Gasteiger partial charge in [0.15, 0.2) is 0 Å². The van der Waals surface area contributed by atoms with Gasteiger partial charge in [0.05, 0.1) is 0 Å². The summed E-state index contributed by atoms with van der Waals surface area (Å²) in [6, 6.07) is 0. The molecule has 0 unspecified atom stereocenters. The minimum Gasteiger partial charge on any atom is -2.00 e. The van der Waals surface area contributed by atoms with E-state index in [0.29, 0.717) is 0 Å². The fraction of sp³-hybridized carbons (Fsp3) is 1.00. The Morgan fingerprint density at radius 1 is 1.50 bits per heavy atom. The van der Waals surface area contributed by atoms with Crippen LogP contribution in [0, 0.1) is 0 Å². The van der Waals surface area contributed by atoms with E-state index in [1.165, 1.54) is 0 Å². The second-order valence-corrected chi connectivity index (χ2v) is 0.704. The van der Waals surface area contributed by atoms with E-state index in [0.717, 1.165) is 6.42 Å². The maximum Gasteiger partial charge on any atom is 3.00 e. The first-order valence-corrected chi connectivity index (χ1v) is 1.50. The van der Waals surface area contributed by atoms with Crippen LogP contribution in [0.5, 0.6) is 0 Å². The Hall–Kier alpha value is 0.803. The van der Waals surface area contributed by atoms with E-state index in [1.54, 1.807) is 0 Å². The van der Waals surface area contributed by atoms with Gasteiger partial charge in [0, 0.05) is 0 Å². The molecule has 0 aliphatic heterocycles. The third-order valence-corrected chi connectivity index (χ3v) is 0.204. The van der Waals surface area contributed by atoms with E-state index in [1.807, 2.05) is 6.92 Å². The zero-order chi connectivity index (χ0) is 3.41. The molecule has 35 valence electrons. The van der Waals surface area contributed by atoms with Crippen molar-refractivity contribution in [1.82, 2.24) is 0 Å². The van der Waals surface area contributed by atoms with E-state index in [9.17, 15) is 5.11 Å². The first-order chi connectivity index (χ1) is 1.91. The standard InChI is InChI=1S/C3H7O.O.Zr/c1-2-3-4;;/h2-3H2,1H3;;/q-1;-2;+3. The van der Waals surface area contributed by atoms with E-state index >= 15 is 0 Å². The van der Waals surface area contributed by atoms with Crippen molar-refractivity contribution >= 4 is 0 Å². The average Bonchev–Trinajstić information content (AvgIpc) is 1.37. The first-order valence-electron chi connectivity index (χ1n) is 1.50. The summed E-state index contributed by atoms with van der Waals surface area (Å²) in [5.41, 5.74) is 0. The van der Waals surface area contributed by atoms with Crippen molar-refractivity contribution in [2.24, 2.45) is 0 Å². The van der Waals surface area contributed by atoms with Crippen molar-refractivity contribution in [3.05, 3.63) is 0 Å². The molecule has 0 N–H and O–H groups in total. The summed E-state index contributed by atoms with van der Waals surface area (Å²) in [6.45, 7) is 1.94. The van der Waals surface area contributed by atoms with Gasteiger partial charge in [-0.15, -0.1) is 6.61 Å². The molecule has 2 nitrogen and oxygen atoms in total. The zero-order valence-electron chi connectivity index (χ0n) is 3.73. The number of hydrogen-bond acceptors (Lipinski definition) is 1. The Morgan fingerprint density at radius 2 is 1.67 bits per heavy atom. The molecule has 0 aliphatic rings. The summed E-state index contributed by atoms with van der Waals surface area (Å²) in [5, 5.41) is 9.30. The molecule has 0 saturated heterocycles. The molecule has 0 heterocycles. The third-order valence-electron chi connectivity index (χ3n) is 0.204. The monoisotopic (exact) mass is 165 g/mol. The van der Waals surface area contributed by atoms with Gasteiger partial charge in [-0.05, 0) is 0 Å². The van der Waals surface area contributed by atoms with Gasteiger partial charge in [-0.25, -0.2) is 0 Å². The molecule has 0 aromatic heterocycles. The molecule has 0 atom stereocenters. The molecule has 0 aromatic rings. The second-order valence-electron chi connectivity index (χ2n) is 0.704. The van der Waals surface area contributed by atoms with Crippen molar-refractivity contribution in [2.75, 3.05) is 6.61 Å². The third kappa shape index (κ3) is 21.4. The molecule has 0 rings (SSSR count). The van der Waals surface area contributed by atoms with Crippen LogP contribution in [-0.4, -0.2) is 6.61 Å².